The summed E-state index contributed by atoms with van der Waals surface area (Å²) in [5.74, 6) is 1.22. The Labute approximate surface area is 105 Å². The molecule has 0 N–H and O–H groups in total. The predicted molar refractivity (Wildman–Crippen MR) is 69.9 cm³/mol. The van der Waals surface area contributed by atoms with Crippen molar-refractivity contribution in [3.63, 3.8) is 0 Å². The average Bonchev–Trinajstić information content (AvgIpc) is 3.13. The summed E-state index contributed by atoms with van der Waals surface area (Å²) in [6.45, 7) is 8.43. The SMILES string of the molecule is CCCN(CC1CC1)C1CCN(C(C)=O)CC1. The second kappa shape index (κ2) is 5.85. The van der Waals surface area contributed by atoms with Crippen LogP contribution >= 0.6 is 0 Å². The second-order valence-corrected chi connectivity index (χ2v) is 5.68. The molecule has 1 heterocycles. The normalized spacial score (nSPS) is 22.2. The molecule has 3 heteroatoms. The Morgan fingerprint density at radius 2 is 1.88 bits per heavy atom. The van der Waals surface area contributed by atoms with Gasteiger partial charge in [-0.25, -0.2) is 0 Å². The van der Waals surface area contributed by atoms with E-state index in [0.29, 0.717) is 0 Å². The Morgan fingerprint density at radius 3 is 2.35 bits per heavy atom. The van der Waals surface area contributed by atoms with Crippen LogP contribution in [-0.2, 0) is 4.79 Å². The van der Waals surface area contributed by atoms with Crippen molar-refractivity contribution in [3.05, 3.63) is 0 Å². The van der Waals surface area contributed by atoms with Gasteiger partial charge in [0.05, 0.1) is 0 Å². The lowest BCUT2D eigenvalue weighted by Gasteiger charge is -2.38. The molecule has 1 aliphatic heterocycles. The minimum Gasteiger partial charge on any atom is -0.343 e. The molecule has 0 radical (unpaired) electrons. The first-order valence-corrected chi connectivity index (χ1v) is 7.20. The van der Waals surface area contributed by atoms with E-state index in [0.717, 1.165) is 25.0 Å². The van der Waals surface area contributed by atoms with Crippen molar-refractivity contribution in [2.24, 2.45) is 5.92 Å². The highest BCUT2D eigenvalue weighted by atomic mass is 16.2. The number of nitrogens with zero attached hydrogens (tertiary/aromatic N) is 2. The van der Waals surface area contributed by atoms with Gasteiger partial charge in [0.1, 0.15) is 0 Å². The molecule has 98 valence electrons. The van der Waals surface area contributed by atoms with Crippen LogP contribution in [0.5, 0.6) is 0 Å². The van der Waals surface area contributed by atoms with Crippen molar-refractivity contribution in [3.8, 4) is 0 Å². The number of likely N-dealkylation sites (tertiary alicyclic amines) is 1. The zero-order valence-corrected chi connectivity index (χ0v) is 11.3. The second-order valence-electron chi connectivity index (χ2n) is 5.68. The third kappa shape index (κ3) is 3.70. The standard InChI is InChI=1S/C14H26N2O/c1-3-8-16(11-13-4-5-13)14-6-9-15(10-7-14)12(2)17/h13-14H,3-11H2,1-2H3. The maximum atomic E-state index is 11.3. The summed E-state index contributed by atoms with van der Waals surface area (Å²) in [6.07, 6.45) is 6.47. The first-order valence-electron chi connectivity index (χ1n) is 7.20. The van der Waals surface area contributed by atoms with Gasteiger partial charge in [0, 0.05) is 32.6 Å². The molecular formula is C14H26N2O. The van der Waals surface area contributed by atoms with E-state index in [-0.39, 0.29) is 5.91 Å². The van der Waals surface area contributed by atoms with Crippen LogP contribution in [0.15, 0.2) is 0 Å². The van der Waals surface area contributed by atoms with Gasteiger partial charge in [-0.3, -0.25) is 9.69 Å². The van der Waals surface area contributed by atoms with E-state index >= 15 is 0 Å². The molecule has 1 amide bonds. The molecule has 0 atom stereocenters. The molecule has 1 aliphatic carbocycles. The van der Waals surface area contributed by atoms with Crippen LogP contribution in [0.1, 0.15) is 46.0 Å². The molecule has 0 unspecified atom stereocenters. The van der Waals surface area contributed by atoms with Crippen molar-refractivity contribution >= 4 is 5.91 Å². The van der Waals surface area contributed by atoms with E-state index in [4.69, 9.17) is 0 Å². The van der Waals surface area contributed by atoms with Crippen LogP contribution in [0.25, 0.3) is 0 Å². The summed E-state index contributed by atoms with van der Waals surface area (Å²) >= 11 is 0. The maximum Gasteiger partial charge on any atom is 0.219 e. The van der Waals surface area contributed by atoms with Crippen LogP contribution in [0, 0.1) is 5.92 Å². The van der Waals surface area contributed by atoms with Gasteiger partial charge in [-0.05, 0) is 44.6 Å². The lowest BCUT2D eigenvalue weighted by molar-refractivity contribution is -0.130. The molecule has 2 aliphatic rings. The molecule has 1 saturated heterocycles. The molecular weight excluding hydrogens is 212 g/mol. The first-order chi connectivity index (χ1) is 8.20. The van der Waals surface area contributed by atoms with Gasteiger partial charge in [-0.2, -0.15) is 0 Å². The number of rotatable bonds is 5. The first kappa shape index (κ1) is 12.9. The van der Waals surface area contributed by atoms with E-state index in [1.54, 1.807) is 6.92 Å². The van der Waals surface area contributed by atoms with E-state index in [2.05, 4.69) is 11.8 Å². The minimum atomic E-state index is 0.243. The summed E-state index contributed by atoms with van der Waals surface area (Å²) in [5, 5.41) is 0. The molecule has 1 saturated carbocycles. The number of piperidine rings is 1. The highest BCUT2D eigenvalue weighted by molar-refractivity contribution is 5.73. The van der Waals surface area contributed by atoms with E-state index < -0.39 is 0 Å². The lowest BCUT2D eigenvalue weighted by Crippen LogP contribution is -2.47. The smallest absolute Gasteiger partial charge is 0.219 e. The molecule has 0 bridgehead atoms. The van der Waals surface area contributed by atoms with Gasteiger partial charge in [0.25, 0.3) is 0 Å². The van der Waals surface area contributed by atoms with E-state index in [1.165, 1.54) is 45.2 Å². The predicted octanol–water partition coefficient (Wildman–Crippen LogP) is 2.12. The zero-order chi connectivity index (χ0) is 12.3. The van der Waals surface area contributed by atoms with Crippen LogP contribution in [0.3, 0.4) is 0 Å². The molecule has 17 heavy (non-hydrogen) atoms. The third-order valence-corrected chi connectivity index (χ3v) is 4.13. The van der Waals surface area contributed by atoms with Crippen molar-refractivity contribution in [1.82, 2.24) is 9.80 Å². The Hall–Kier alpha value is -0.570. The monoisotopic (exact) mass is 238 g/mol. The zero-order valence-electron chi connectivity index (χ0n) is 11.3. The fourth-order valence-electron chi connectivity index (χ4n) is 2.89. The Balaban J connectivity index is 1.80. The van der Waals surface area contributed by atoms with Crippen LogP contribution in [-0.4, -0.2) is 47.9 Å². The molecule has 0 aromatic rings. The number of hydrogen-bond acceptors (Lipinski definition) is 2. The van der Waals surface area contributed by atoms with Crippen molar-refractivity contribution in [2.75, 3.05) is 26.2 Å². The minimum absolute atomic E-state index is 0.243. The van der Waals surface area contributed by atoms with Gasteiger partial charge in [-0.1, -0.05) is 6.92 Å². The fourth-order valence-corrected chi connectivity index (χ4v) is 2.89. The number of amides is 1. The summed E-state index contributed by atoms with van der Waals surface area (Å²) in [6, 6.07) is 0.728. The summed E-state index contributed by atoms with van der Waals surface area (Å²) in [7, 11) is 0. The highest BCUT2D eigenvalue weighted by Crippen LogP contribution is 2.31. The summed E-state index contributed by atoms with van der Waals surface area (Å²) < 4.78 is 0. The molecule has 2 rings (SSSR count). The molecule has 0 aromatic carbocycles. The topological polar surface area (TPSA) is 23.6 Å². The van der Waals surface area contributed by atoms with Crippen LogP contribution in [0.4, 0.5) is 0 Å². The number of hydrogen-bond donors (Lipinski definition) is 0. The molecule has 0 aromatic heterocycles. The molecule has 3 nitrogen and oxygen atoms in total. The maximum absolute atomic E-state index is 11.3. The third-order valence-electron chi connectivity index (χ3n) is 4.13. The van der Waals surface area contributed by atoms with E-state index in [1.807, 2.05) is 4.90 Å². The van der Waals surface area contributed by atoms with Crippen LogP contribution in [0.2, 0.25) is 0 Å². The Kier molecular flexibility index (Phi) is 4.43. The van der Waals surface area contributed by atoms with Gasteiger partial charge in [0.2, 0.25) is 5.91 Å². The van der Waals surface area contributed by atoms with Gasteiger partial charge in [0.15, 0.2) is 0 Å². The highest BCUT2D eigenvalue weighted by Gasteiger charge is 2.30. The fraction of sp³-hybridized carbons (Fsp3) is 0.929. The number of carbonyl (C=O) groups excluding carboxylic acids is 1. The van der Waals surface area contributed by atoms with Gasteiger partial charge < -0.3 is 4.90 Å². The molecule has 0 spiro atoms. The quantitative estimate of drug-likeness (QED) is 0.732. The van der Waals surface area contributed by atoms with Crippen LogP contribution < -0.4 is 0 Å². The van der Waals surface area contributed by atoms with Gasteiger partial charge >= 0.3 is 0 Å². The van der Waals surface area contributed by atoms with Crippen molar-refractivity contribution < 1.29 is 4.79 Å². The summed E-state index contributed by atoms with van der Waals surface area (Å²) in [4.78, 5) is 16.0. The van der Waals surface area contributed by atoms with E-state index in [9.17, 15) is 4.79 Å². The molecule has 2 fully saturated rings. The van der Waals surface area contributed by atoms with Crippen molar-refractivity contribution in [2.45, 2.75) is 52.0 Å². The van der Waals surface area contributed by atoms with Gasteiger partial charge in [-0.15, -0.1) is 0 Å². The lowest BCUT2D eigenvalue weighted by atomic mass is 10.0. The summed E-state index contributed by atoms with van der Waals surface area (Å²) in [5.41, 5.74) is 0. The van der Waals surface area contributed by atoms with Crippen molar-refractivity contribution in [1.29, 1.82) is 0 Å². The number of carbonyl (C=O) groups is 1. The Morgan fingerprint density at radius 1 is 1.24 bits per heavy atom. The largest absolute Gasteiger partial charge is 0.343 e. The average molecular weight is 238 g/mol. The Bertz CT molecular complexity index is 255.